The summed E-state index contributed by atoms with van der Waals surface area (Å²) in [5.74, 6) is 8.85. The van der Waals surface area contributed by atoms with Gasteiger partial charge in [0.05, 0.1) is 6.61 Å². The zero-order valence-electron chi connectivity index (χ0n) is 12.1. The van der Waals surface area contributed by atoms with E-state index in [9.17, 15) is 4.79 Å². The van der Waals surface area contributed by atoms with Gasteiger partial charge < -0.3 is 10.4 Å². The van der Waals surface area contributed by atoms with Crippen molar-refractivity contribution in [1.82, 2.24) is 5.32 Å². The third-order valence-corrected chi connectivity index (χ3v) is 4.56. The van der Waals surface area contributed by atoms with Gasteiger partial charge >= 0.3 is 0 Å². The van der Waals surface area contributed by atoms with Crippen LogP contribution in [0.5, 0.6) is 0 Å². The molecule has 1 aromatic carbocycles. The lowest BCUT2D eigenvalue weighted by Gasteiger charge is -2.21. The second-order valence-corrected chi connectivity index (χ2v) is 6.34. The van der Waals surface area contributed by atoms with E-state index in [1.807, 2.05) is 23.9 Å². The zero-order valence-corrected chi connectivity index (χ0v) is 12.9. The Morgan fingerprint density at radius 3 is 2.67 bits per heavy atom. The van der Waals surface area contributed by atoms with E-state index in [0.717, 1.165) is 12.1 Å². The molecule has 2 rings (SSSR count). The van der Waals surface area contributed by atoms with E-state index >= 15 is 0 Å². The second-order valence-electron chi connectivity index (χ2n) is 5.12. The Bertz CT molecular complexity index is 510. The minimum atomic E-state index is -0.0110. The summed E-state index contributed by atoms with van der Waals surface area (Å²) in [6.45, 7) is 0.852. The van der Waals surface area contributed by atoms with Crippen LogP contribution in [-0.2, 0) is 0 Å². The summed E-state index contributed by atoms with van der Waals surface area (Å²) >= 11 is 2.00. The van der Waals surface area contributed by atoms with Crippen molar-refractivity contribution < 1.29 is 9.90 Å². The summed E-state index contributed by atoms with van der Waals surface area (Å²) in [7, 11) is 0. The molecule has 0 bridgehead atoms. The van der Waals surface area contributed by atoms with Crippen LogP contribution < -0.4 is 5.32 Å². The standard InChI is InChI=1S/C17H21NO2S/c19-10-2-1-3-14-4-6-16(7-5-14)17(20)18-13-15-8-11-21-12-9-15/h4-7,15,19H,2,8-13H2,(H,18,20). The topological polar surface area (TPSA) is 49.3 Å². The van der Waals surface area contributed by atoms with Gasteiger partial charge in [0.15, 0.2) is 0 Å². The van der Waals surface area contributed by atoms with Gasteiger partial charge in [0.1, 0.15) is 0 Å². The first-order chi connectivity index (χ1) is 10.3. The molecule has 2 N–H and O–H groups in total. The molecule has 0 radical (unpaired) electrons. The minimum Gasteiger partial charge on any atom is -0.395 e. The molecule has 112 valence electrons. The molecule has 21 heavy (non-hydrogen) atoms. The molecule has 0 atom stereocenters. The molecule has 1 fully saturated rings. The summed E-state index contributed by atoms with van der Waals surface area (Å²) in [5, 5.41) is 11.7. The van der Waals surface area contributed by atoms with Crippen LogP contribution >= 0.6 is 11.8 Å². The van der Waals surface area contributed by atoms with E-state index in [-0.39, 0.29) is 12.5 Å². The fraction of sp³-hybridized carbons (Fsp3) is 0.471. The van der Waals surface area contributed by atoms with Crippen LogP contribution in [0.25, 0.3) is 0 Å². The SMILES string of the molecule is O=C(NCC1CCSCC1)c1ccc(C#CCCO)cc1. The molecule has 0 spiro atoms. The average molecular weight is 303 g/mol. The van der Waals surface area contributed by atoms with E-state index in [4.69, 9.17) is 5.11 Å². The molecule has 1 aromatic rings. The fourth-order valence-corrected chi connectivity index (χ4v) is 3.42. The summed E-state index contributed by atoms with van der Waals surface area (Å²) in [5.41, 5.74) is 1.54. The number of benzene rings is 1. The number of amides is 1. The maximum absolute atomic E-state index is 12.1. The summed E-state index contributed by atoms with van der Waals surface area (Å²) in [6.07, 6.45) is 2.87. The molecule has 1 amide bonds. The molecule has 1 saturated heterocycles. The zero-order chi connectivity index (χ0) is 14.9. The molecule has 1 aliphatic rings. The average Bonchev–Trinajstić information content (AvgIpc) is 2.54. The van der Waals surface area contributed by atoms with Crippen LogP contribution in [0.2, 0.25) is 0 Å². The molecule has 3 nitrogen and oxygen atoms in total. The predicted molar refractivity (Wildman–Crippen MR) is 87.4 cm³/mol. The van der Waals surface area contributed by atoms with Gasteiger partial charge in [-0.15, -0.1) is 0 Å². The van der Waals surface area contributed by atoms with E-state index in [1.165, 1.54) is 24.3 Å². The summed E-state index contributed by atoms with van der Waals surface area (Å²) in [6, 6.07) is 7.29. The lowest BCUT2D eigenvalue weighted by atomic mass is 10.0. The number of hydrogen-bond donors (Lipinski definition) is 2. The number of carbonyl (C=O) groups is 1. The van der Waals surface area contributed by atoms with Gasteiger partial charge in [-0.25, -0.2) is 0 Å². The first-order valence-corrected chi connectivity index (χ1v) is 8.51. The van der Waals surface area contributed by atoms with Crippen molar-refractivity contribution in [3.63, 3.8) is 0 Å². The molecule has 4 heteroatoms. The third kappa shape index (κ3) is 5.45. The molecule has 0 aromatic heterocycles. The fourth-order valence-electron chi connectivity index (χ4n) is 2.22. The van der Waals surface area contributed by atoms with Crippen molar-refractivity contribution in [2.24, 2.45) is 5.92 Å². The first kappa shape index (κ1) is 15.9. The van der Waals surface area contributed by atoms with Crippen molar-refractivity contribution in [2.45, 2.75) is 19.3 Å². The number of aliphatic hydroxyl groups is 1. The number of hydrogen-bond acceptors (Lipinski definition) is 3. The Balaban J connectivity index is 1.83. The number of nitrogens with one attached hydrogen (secondary N) is 1. The third-order valence-electron chi connectivity index (χ3n) is 3.51. The Morgan fingerprint density at radius 1 is 1.29 bits per heavy atom. The van der Waals surface area contributed by atoms with Crippen molar-refractivity contribution in [1.29, 1.82) is 0 Å². The molecular formula is C17H21NO2S. The quantitative estimate of drug-likeness (QED) is 0.839. The van der Waals surface area contributed by atoms with Crippen LogP contribution in [0.3, 0.4) is 0 Å². The Hall–Kier alpha value is -1.44. The Kier molecular flexibility index (Phi) is 6.65. The molecule has 0 unspecified atom stereocenters. The largest absolute Gasteiger partial charge is 0.395 e. The molecule has 1 aliphatic heterocycles. The Labute approximate surface area is 130 Å². The highest BCUT2D eigenvalue weighted by molar-refractivity contribution is 7.99. The maximum Gasteiger partial charge on any atom is 0.251 e. The molecule has 0 saturated carbocycles. The summed E-state index contributed by atoms with van der Waals surface area (Å²) < 4.78 is 0. The van der Waals surface area contributed by atoms with Crippen LogP contribution in [0.4, 0.5) is 0 Å². The Morgan fingerprint density at radius 2 is 2.00 bits per heavy atom. The van der Waals surface area contributed by atoms with Crippen molar-refractivity contribution >= 4 is 17.7 Å². The smallest absolute Gasteiger partial charge is 0.251 e. The molecule has 1 heterocycles. The molecular weight excluding hydrogens is 282 g/mol. The lowest BCUT2D eigenvalue weighted by molar-refractivity contribution is 0.0946. The van der Waals surface area contributed by atoms with Crippen molar-refractivity contribution in [3.8, 4) is 11.8 Å². The highest BCUT2D eigenvalue weighted by atomic mass is 32.2. The van der Waals surface area contributed by atoms with Crippen LogP contribution in [0, 0.1) is 17.8 Å². The highest BCUT2D eigenvalue weighted by Crippen LogP contribution is 2.21. The van der Waals surface area contributed by atoms with Crippen molar-refractivity contribution in [3.05, 3.63) is 35.4 Å². The van der Waals surface area contributed by atoms with Crippen LogP contribution in [0.1, 0.15) is 35.2 Å². The normalized spacial score (nSPS) is 15.1. The van der Waals surface area contributed by atoms with Gasteiger partial charge in [0.25, 0.3) is 5.91 Å². The van der Waals surface area contributed by atoms with Gasteiger partial charge in [0, 0.05) is 24.1 Å². The monoisotopic (exact) mass is 303 g/mol. The van der Waals surface area contributed by atoms with Gasteiger partial charge in [-0.2, -0.15) is 11.8 Å². The second kappa shape index (κ2) is 8.76. The lowest BCUT2D eigenvalue weighted by Crippen LogP contribution is -2.30. The van der Waals surface area contributed by atoms with Crippen molar-refractivity contribution in [2.75, 3.05) is 24.7 Å². The van der Waals surface area contributed by atoms with E-state index in [1.54, 1.807) is 12.1 Å². The number of carbonyl (C=O) groups excluding carboxylic acids is 1. The number of rotatable bonds is 4. The maximum atomic E-state index is 12.1. The summed E-state index contributed by atoms with van der Waals surface area (Å²) in [4.78, 5) is 12.1. The number of aliphatic hydroxyl groups excluding tert-OH is 1. The predicted octanol–water partition coefficient (Wildman–Crippen LogP) is 2.29. The molecule has 0 aliphatic carbocycles. The highest BCUT2D eigenvalue weighted by Gasteiger charge is 2.14. The van der Waals surface area contributed by atoms with Gasteiger partial charge in [0.2, 0.25) is 0 Å². The van der Waals surface area contributed by atoms with Gasteiger partial charge in [-0.1, -0.05) is 11.8 Å². The van der Waals surface area contributed by atoms with Crippen LogP contribution in [-0.4, -0.2) is 35.7 Å². The minimum absolute atomic E-state index is 0.0110. The number of thioether (sulfide) groups is 1. The van der Waals surface area contributed by atoms with Crippen LogP contribution in [0.15, 0.2) is 24.3 Å². The van der Waals surface area contributed by atoms with Gasteiger partial charge in [-0.05, 0) is 54.5 Å². The first-order valence-electron chi connectivity index (χ1n) is 7.35. The van der Waals surface area contributed by atoms with E-state index in [0.29, 0.717) is 17.9 Å². The van der Waals surface area contributed by atoms with E-state index in [2.05, 4.69) is 17.2 Å². The van der Waals surface area contributed by atoms with Gasteiger partial charge in [-0.3, -0.25) is 4.79 Å². The van der Waals surface area contributed by atoms with E-state index < -0.39 is 0 Å².